The third kappa shape index (κ3) is 2.46. The average molecular weight is 337 g/mol. The molecule has 6 nitrogen and oxygen atoms in total. The van der Waals surface area contributed by atoms with Crippen molar-refractivity contribution in [3.8, 4) is 5.75 Å². The van der Waals surface area contributed by atoms with Gasteiger partial charge in [0, 0.05) is 6.42 Å². The number of amides is 2. The summed E-state index contributed by atoms with van der Waals surface area (Å²) in [4.78, 5) is 42.0. The Morgan fingerprint density at radius 3 is 2.36 bits per heavy atom. The van der Waals surface area contributed by atoms with Crippen LogP contribution in [0, 0.1) is 0 Å². The van der Waals surface area contributed by atoms with Gasteiger partial charge in [-0.15, -0.1) is 0 Å². The van der Waals surface area contributed by atoms with Crippen molar-refractivity contribution in [3.05, 3.63) is 64.7 Å². The van der Waals surface area contributed by atoms with E-state index < -0.39 is 17.8 Å². The van der Waals surface area contributed by atoms with Gasteiger partial charge in [-0.2, -0.15) is 0 Å². The molecular weight excluding hydrogens is 322 g/mol. The van der Waals surface area contributed by atoms with Gasteiger partial charge in [0.05, 0.1) is 16.7 Å². The molecule has 2 aromatic rings. The van der Waals surface area contributed by atoms with Crippen LogP contribution in [-0.2, 0) is 11.3 Å². The summed E-state index contributed by atoms with van der Waals surface area (Å²) in [5, 5.41) is 0.515. The van der Waals surface area contributed by atoms with Crippen molar-refractivity contribution in [1.82, 2.24) is 5.06 Å². The van der Waals surface area contributed by atoms with Crippen LogP contribution in [0.15, 0.2) is 42.5 Å². The first-order chi connectivity index (χ1) is 11.9. The number of hydroxylamine groups is 2. The number of hydrogen-bond donors (Lipinski definition) is 0. The van der Waals surface area contributed by atoms with E-state index in [0.717, 1.165) is 11.3 Å². The summed E-state index contributed by atoms with van der Waals surface area (Å²) < 4.78 is 5.77. The molecule has 0 aromatic heterocycles. The van der Waals surface area contributed by atoms with Crippen LogP contribution in [0.25, 0.3) is 0 Å². The van der Waals surface area contributed by atoms with Gasteiger partial charge in [-0.25, -0.2) is 4.79 Å². The molecular formula is C19H15NO5. The molecule has 0 radical (unpaired) electrons. The fraction of sp³-hybridized carbons (Fsp3) is 0.211. The molecule has 0 spiro atoms. The van der Waals surface area contributed by atoms with E-state index in [1.54, 1.807) is 30.3 Å². The maximum Gasteiger partial charge on any atom is 0.363 e. The Morgan fingerprint density at radius 2 is 1.72 bits per heavy atom. The molecule has 0 fully saturated rings. The lowest BCUT2D eigenvalue weighted by atomic mass is 10.0. The van der Waals surface area contributed by atoms with E-state index in [0.29, 0.717) is 11.5 Å². The molecule has 2 heterocycles. The highest BCUT2D eigenvalue weighted by Gasteiger charge is 2.39. The maximum absolute atomic E-state index is 12.4. The Bertz CT molecular complexity index is 896. The third-order valence-electron chi connectivity index (χ3n) is 4.23. The molecule has 2 aromatic carbocycles. The number of benzene rings is 2. The Balaban J connectivity index is 1.56. The number of nitrogens with zero attached hydrogens (tertiary/aromatic N) is 1. The van der Waals surface area contributed by atoms with Gasteiger partial charge < -0.3 is 9.57 Å². The first-order valence-electron chi connectivity index (χ1n) is 7.88. The van der Waals surface area contributed by atoms with E-state index in [1.165, 1.54) is 12.1 Å². The molecule has 6 heteroatoms. The monoisotopic (exact) mass is 337 g/mol. The van der Waals surface area contributed by atoms with Crippen LogP contribution >= 0.6 is 0 Å². The Kier molecular flexibility index (Phi) is 3.18. The van der Waals surface area contributed by atoms with Gasteiger partial charge in [0.25, 0.3) is 11.8 Å². The molecule has 126 valence electrons. The lowest BCUT2D eigenvalue weighted by molar-refractivity contribution is -0.0584. The number of rotatable bonds is 2. The van der Waals surface area contributed by atoms with E-state index in [-0.39, 0.29) is 22.3 Å². The minimum atomic E-state index is -0.762. The van der Waals surface area contributed by atoms with Crippen molar-refractivity contribution in [1.29, 1.82) is 0 Å². The summed E-state index contributed by atoms with van der Waals surface area (Å²) in [6.07, 6.45) is 0.663. The van der Waals surface area contributed by atoms with Gasteiger partial charge >= 0.3 is 5.97 Å². The molecule has 0 N–H and O–H groups in total. The summed E-state index contributed by atoms with van der Waals surface area (Å²) in [5.74, 6) is -1.32. The van der Waals surface area contributed by atoms with Crippen molar-refractivity contribution in [2.45, 2.75) is 25.9 Å². The summed E-state index contributed by atoms with van der Waals surface area (Å²) in [7, 11) is 0. The van der Waals surface area contributed by atoms with Gasteiger partial charge in [-0.3, -0.25) is 9.59 Å². The summed E-state index contributed by atoms with van der Waals surface area (Å²) in [6.45, 7) is 3.92. The van der Waals surface area contributed by atoms with Gasteiger partial charge in [0.1, 0.15) is 11.4 Å². The molecule has 0 saturated heterocycles. The number of ether oxygens (including phenoxy) is 1. The standard InChI is InChI=1S/C19H15NO5/c1-19(2)10-12-9-11(7-8-15(12)24-19)18(23)25-20-16(21)13-5-3-4-6-14(13)17(20)22/h3-9H,10H2,1-2H3. The van der Waals surface area contributed by atoms with Gasteiger partial charge in [-0.05, 0) is 49.7 Å². The van der Waals surface area contributed by atoms with E-state index in [2.05, 4.69) is 0 Å². The number of imide groups is 1. The van der Waals surface area contributed by atoms with Crippen molar-refractivity contribution in [2.24, 2.45) is 0 Å². The third-order valence-corrected chi connectivity index (χ3v) is 4.23. The summed E-state index contributed by atoms with van der Waals surface area (Å²) >= 11 is 0. The number of carbonyl (C=O) groups is 3. The quantitative estimate of drug-likeness (QED) is 0.788. The highest BCUT2D eigenvalue weighted by atomic mass is 16.7. The highest BCUT2D eigenvalue weighted by molar-refractivity contribution is 6.21. The minimum absolute atomic E-state index is 0.226. The summed E-state index contributed by atoms with van der Waals surface area (Å²) in [6, 6.07) is 11.3. The second-order valence-corrected chi connectivity index (χ2v) is 6.69. The van der Waals surface area contributed by atoms with Crippen molar-refractivity contribution in [2.75, 3.05) is 0 Å². The van der Waals surface area contributed by atoms with Crippen LogP contribution in [0.4, 0.5) is 0 Å². The number of fused-ring (bicyclic) bond motifs is 2. The van der Waals surface area contributed by atoms with E-state index in [1.807, 2.05) is 13.8 Å². The summed E-state index contributed by atoms with van der Waals surface area (Å²) in [5.41, 5.74) is 1.28. The fourth-order valence-electron chi connectivity index (χ4n) is 3.12. The molecule has 0 aliphatic carbocycles. The van der Waals surface area contributed by atoms with Crippen LogP contribution in [0.2, 0.25) is 0 Å². The van der Waals surface area contributed by atoms with Crippen LogP contribution in [0.5, 0.6) is 5.75 Å². The average Bonchev–Trinajstić information content (AvgIpc) is 3.02. The zero-order valence-corrected chi connectivity index (χ0v) is 13.7. The maximum atomic E-state index is 12.4. The highest BCUT2D eigenvalue weighted by Crippen LogP contribution is 2.35. The lowest BCUT2D eigenvalue weighted by Gasteiger charge is -2.16. The zero-order valence-electron chi connectivity index (χ0n) is 13.7. The van der Waals surface area contributed by atoms with Crippen molar-refractivity contribution >= 4 is 17.8 Å². The van der Waals surface area contributed by atoms with Crippen molar-refractivity contribution < 1.29 is 24.0 Å². The molecule has 0 atom stereocenters. The molecule has 2 aliphatic rings. The van der Waals surface area contributed by atoms with E-state index >= 15 is 0 Å². The second-order valence-electron chi connectivity index (χ2n) is 6.69. The van der Waals surface area contributed by atoms with Gasteiger partial charge in [0.2, 0.25) is 0 Å². The predicted octanol–water partition coefficient (Wildman–Crippen LogP) is 2.77. The number of carbonyl (C=O) groups excluding carboxylic acids is 3. The molecule has 25 heavy (non-hydrogen) atoms. The first-order valence-corrected chi connectivity index (χ1v) is 7.88. The molecule has 0 unspecified atom stereocenters. The first kappa shape index (κ1) is 15.4. The normalized spacial score (nSPS) is 17.1. The Labute approximate surface area is 143 Å². The fourth-order valence-corrected chi connectivity index (χ4v) is 3.12. The molecule has 0 bridgehead atoms. The Morgan fingerprint density at radius 1 is 1.08 bits per heavy atom. The predicted molar refractivity (Wildman–Crippen MR) is 87.2 cm³/mol. The molecule has 2 aliphatic heterocycles. The van der Waals surface area contributed by atoms with E-state index in [4.69, 9.17) is 9.57 Å². The van der Waals surface area contributed by atoms with Crippen LogP contribution in [0.3, 0.4) is 0 Å². The minimum Gasteiger partial charge on any atom is -0.487 e. The zero-order chi connectivity index (χ0) is 17.8. The van der Waals surface area contributed by atoms with Crippen molar-refractivity contribution in [3.63, 3.8) is 0 Å². The molecule has 4 rings (SSSR count). The lowest BCUT2D eigenvalue weighted by Crippen LogP contribution is -2.32. The number of hydrogen-bond acceptors (Lipinski definition) is 5. The van der Waals surface area contributed by atoms with E-state index in [9.17, 15) is 14.4 Å². The second kappa shape index (κ2) is 5.17. The van der Waals surface area contributed by atoms with Gasteiger partial charge in [-0.1, -0.05) is 17.2 Å². The van der Waals surface area contributed by atoms with Crippen LogP contribution < -0.4 is 4.74 Å². The smallest absolute Gasteiger partial charge is 0.363 e. The van der Waals surface area contributed by atoms with Crippen LogP contribution in [0.1, 0.15) is 50.5 Å². The van der Waals surface area contributed by atoms with Gasteiger partial charge in [0.15, 0.2) is 0 Å². The SMILES string of the molecule is CC1(C)Cc2cc(C(=O)ON3C(=O)c4ccccc4C3=O)ccc2O1. The Hall–Kier alpha value is -3.15. The topological polar surface area (TPSA) is 72.9 Å². The molecule has 2 amide bonds. The largest absolute Gasteiger partial charge is 0.487 e. The molecule has 0 saturated carbocycles. The van der Waals surface area contributed by atoms with Crippen LogP contribution in [-0.4, -0.2) is 28.4 Å².